The molecular weight excluding hydrogens is 156 g/mol. The Bertz CT molecular complexity index is 157. The van der Waals surface area contributed by atoms with E-state index < -0.39 is 0 Å². The van der Waals surface area contributed by atoms with Crippen LogP contribution in [0, 0.1) is 10.8 Å². The molecular formula is C13H26. The van der Waals surface area contributed by atoms with Crippen molar-refractivity contribution in [1.29, 1.82) is 0 Å². The lowest BCUT2D eigenvalue weighted by Gasteiger charge is -2.38. The van der Waals surface area contributed by atoms with Gasteiger partial charge in [0.1, 0.15) is 0 Å². The van der Waals surface area contributed by atoms with E-state index in [0.717, 1.165) is 0 Å². The Balaban J connectivity index is 2.45. The molecule has 0 aromatic carbocycles. The Hall–Kier alpha value is 0. The highest BCUT2D eigenvalue weighted by atomic mass is 14.5. The zero-order valence-electron chi connectivity index (χ0n) is 9.95. The fourth-order valence-corrected chi connectivity index (χ4v) is 2.79. The fraction of sp³-hybridized carbons (Fsp3) is 1.00. The van der Waals surface area contributed by atoms with Crippen LogP contribution in [0.4, 0.5) is 0 Å². The van der Waals surface area contributed by atoms with Crippen molar-refractivity contribution in [2.75, 3.05) is 0 Å². The minimum absolute atomic E-state index is 0.598. The van der Waals surface area contributed by atoms with Crippen LogP contribution in [-0.2, 0) is 0 Å². The van der Waals surface area contributed by atoms with Crippen molar-refractivity contribution in [3.8, 4) is 0 Å². The first-order chi connectivity index (χ1) is 6.02. The average Bonchev–Trinajstić information content (AvgIpc) is 2.28. The molecule has 0 N–H and O–H groups in total. The third kappa shape index (κ3) is 2.27. The van der Waals surface area contributed by atoms with Crippen molar-refractivity contribution in [3.05, 3.63) is 0 Å². The van der Waals surface area contributed by atoms with Crippen molar-refractivity contribution in [2.24, 2.45) is 10.8 Å². The molecule has 1 atom stereocenters. The third-order valence-electron chi connectivity index (χ3n) is 4.50. The standard InChI is InChI=1S/C13H26/c1-5-6-7-10-13(4)11-8-9-12(13,2)3/h5-11H2,1-4H3. The van der Waals surface area contributed by atoms with E-state index in [2.05, 4.69) is 27.7 Å². The molecule has 0 heteroatoms. The van der Waals surface area contributed by atoms with Crippen LogP contribution in [0.25, 0.3) is 0 Å². The van der Waals surface area contributed by atoms with Crippen molar-refractivity contribution < 1.29 is 0 Å². The van der Waals surface area contributed by atoms with Crippen LogP contribution in [0.1, 0.15) is 72.6 Å². The molecule has 0 heterocycles. The quantitative estimate of drug-likeness (QED) is 0.549. The predicted octanol–water partition coefficient (Wildman–Crippen LogP) is 4.78. The highest BCUT2D eigenvalue weighted by molar-refractivity contribution is 4.94. The van der Waals surface area contributed by atoms with Crippen LogP contribution in [0.15, 0.2) is 0 Å². The topological polar surface area (TPSA) is 0 Å². The summed E-state index contributed by atoms with van der Waals surface area (Å²) in [5, 5.41) is 0. The highest BCUT2D eigenvalue weighted by Gasteiger charge is 2.43. The summed E-state index contributed by atoms with van der Waals surface area (Å²) in [5.41, 5.74) is 1.24. The highest BCUT2D eigenvalue weighted by Crippen LogP contribution is 2.54. The fourth-order valence-electron chi connectivity index (χ4n) is 2.79. The van der Waals surface area contributed by atoms with E-state index in [0.29, 0.717) is 10.8 Å². The molecule has 1 rings (SSSR count). The molecule has 0 nitrogen and oxygen atoms in total. The molecule has 1 aliphatic carbocycles. The Morgan fingerprint density at radius 1 is 1.00 bits per heavy atom. The monoisotopic (exact) mass is 182 g/mol. The van der Waals surface area contributed by atoms with Crippen molar-refractivity contribution >= 4 is 0 Å². The van der Waals surface area contributed by atoms with E-state index in [-0.39, 0.29) is 0 Å². The van der Waals surface area contributed by atoms with Crippen LogP contribution in [0.3, 0.4) is 0 Å². The van der Waals surface area contributed by atoms with Gasteiger partial charge in [0.25, 0.3) is 0 Å². The van der Waals surface area contributed by atoms with Crippen LogP contribution in [0.5, 0.6) is 0 Å². The summed E-state index contributed by atoms with van der Waals surface area (Å²) in [6.45, 7) is 9.73. The van der Waals surface area contributed by atoms with Crippen LogP contribution >= 0.6 is 0 Å². The second kappa shape index (κ2) is 4.02. The van der Waals surface area contributed by atoms with Gasteiger partial charge in [-0.05, 0) is 30.1 Å². The van der Waals surface area contributed by atoms with Gasteiger partial charge >= 0.3 is 0 Å². The molecule has 0 saturated heterocycles. The summed E-state index contributed by atoms with van der Waals surface area (Å²) < 4.78 is 0. The summed E-state index contributed by atoms with van der Waals surface area (Å²) in [4.78, 5) is 0. The van der Waals surface area contributed by atoms with Gasteiger partial charge in [0.05, 0.1) is 0 Å². The lowest BCUT2D eigenvalue weighted by atomic mass is 9.67. The molecule has 13 heavy (non-hydrogen) atoms. The Morgan fingerprint density at radius 3 is 2.15 bits per heavy atom. The average molecular weight is 182 g/mol. The summed E-state index contributed by atoms with van der Waals surface area (Å²) in [5.74, 6) is 0. The predicted molar refractivity (Wildman–Crippen MR) is 59.9 cm³/mol. The summed E-state index contributed by atoms with van der Waals surface area (Å²) in [6.07, 6.45) is 10.0. The van der Waals surface area contributed by atoms with Crippen molar-refractivity contribution in [3.63, 3.8) is 0 Å². The van der Waals surface area contributed by atoms with E-state index in [9.17, 15) is 0 Å². The van der Waals surface area contributed by atoms with Gasteiger partial charge in [0.15, 0.2) is 0 Å². The Morgan fingerprint density at radius 2 is 1.69 bits per heavy atom. The van der Waals surface area contributed by atoms with Crippen LogP contribution in [-0.4, -0.2) is 0 Å². The molecule has 0 aromatic heterocycles. The van der Waals surface area contributed by atoms with E-state index in [1.807, 2.05) is 0 Å². The second-order valence-corrected chi connectivity index (χ2v) is 5.76. The van der Waals surface area contributed by atoms with Crippen molar-refractivity contribution in [1.82, 2.24) is 0 Å². The molecule has 78 valence electrons. The molecule has 0 aromatic rings. The molecule has 0 aliphatic heterocycles. The summed E-state index contributed by atoms with van der Waals surface area (Å²) in [6, 6.07) is 0. The second-order valence-electron chi connectivity index (χ2n) is 5.76. The summed E-state index contributed by atoms with van der Waals surface area (Å²) in [7, 11) is 0. The number of hydrogen-bond donors (Lipinski definition) is 0. The molecule has 0 spiro atoms. The first-order valence-electron chi connectivity index (χ1n) is 6.02. The van der Waals surface area contributed by atoms with E-state index in [1.165, 1.54) is 44.9 Å². The lowest BCUT2D eigenvalue weighted by Crippen LogP contribution is -2.29. The number of hydrogen-bond acceptors (Lipinski definition) is 0. The van der Waals surface area contributed by atoms with Gasteiger partial charge in [-0.3, -0.25) is 0 Å². The number of unbranched alkanes of at least 4 members (excludes halogenated alkanes) is 2. The lowest BCUT2D eigenvalue weighted by molar-refractivity contribution is 0.116. The zero-order valence-corrected chi connectivity index (χ0v) is 9.95. The number of rotatable bonds is 4. The van der Waals surface area contributed by atoms with Gasteiger partial charge in [-0.1, -0.05) is 53.4 Å². The smallest absolute Gasteiger partial charge is 0.0275 e. The maximum absolute atomic E-state index is 2.51. The van der Waals surface area contributed by atoms with Crippen LogP contribution in [0.2, 0.25) is 0 Å². The minimum Gasteiger partial charge on any atom is -0.0654 e. The maximum Gasteiger partial charge on any atom is -0.0275 e. The van der Waals surface area contributed by atoms with Gasteiger partial charge in [0, 0.05) is 0 Å². The first-order valence-corrected chi connectivity index (χ1v) is 6.02. The normalized spacial score (nSPS) is 32.3. The Labute approximate surface area is 84.1 Å². The van der Waals surface area contributed by atoms with Gasteiger partial charge in [-0.15, -0.1) is 0 Å². The van der Waals surface area contributed by atoms with Gasteiger partial charge < -0.3 is 0 Å². The minimum atomic E-state index is 0.598. The third-order valence-corrected chi connectivity index (χ3v) is 4.50. The van der Waals surface area contributed by atoms with E-state index >= 15 is 0 Å². The SMILES string of the molecule is CCCCCC1(C)CCCC1(C)C. The zero-order chi connectivity index (χ0) is 9.95. The molecule has 1 saturated carbocycles. The Kier molecular flexibility index (Phi) is 3.43. The van der Waals surface area contributed by atoms with Gasteiger partial charge in [0.2, 0.25) is 0 Å². The first kappa shape index (κ1) is 11.1. The van der Waals surface area contributed by atoms with E-state index in [1.54, 1.807) is 0 Å². The van der Waals surface area contributed by atoms with Gasteiger partial charge in [-0.25, -0.2) is 0 Å². The van der Waals surface area contributed by atoms with Crippen molar-refractivity contribution in [2.45, 2.75) is 72.6 Å². The van der Waals surface area contributed by atoms with Gasteiger partial charge in [-0.2, -0.15) is 0 Å². The van der Waals surface area contributed by atoms with E-state index in [4.69, 9.17) is 0 Å². The molecule has 0 bridgehead atoms. The van der Waals surface area contributed by atoms with Crippen LogP contribution < -0.4 is 0 Å². The largest absolute Gasteiger partial charge is 0.0654 e. The molecule has 1 aliphatic rings. The molecule has 1 unspecified atom stereocenters. The molecule has 0 amide bonds. The summed E-state index contributed by atoms with van der Waals surface area (Å²) >= 11 is 0. The molecule has 0 radical (unpaired) electrons. The molecule has 1 fully saturated rings. The maximum atomic E-state index is 2.51.